The molecule has 0 saturated heterocycles. The summed E-state index contributed by atoms with van der Waals surface area (Å²) >= 11 is 3.32. The summed E-state index contributed by atoms with van der Waals surface area (Å²) in [6.45, 7) is 0.253. The molecule has 3 rings (SSSR count). The fourth-order valence-corrected chi connectivity index (χ4v) is 2.46. The molecule has 2 N–H and O–H groups in total. The lowest BCUT2D eigenvalue weighted by Gasteiger charge is -2.08. The van der Waals surface area contributed by atoms with Crippen LogP contribution in [-0.4, -0.2) is 38.6 Å². The molecule has 0 bridgehead atoms. The second-order valence-corrected chi connectivity index (χ2v) is 6.28. The van der Waals surface area contributed by atoms with Crippen LogP contribution in [0.1, 0.15) is 16.8 Å². The Morgan fingerprint density at radius 1 is 1.04 bits per heavy atom. The molecule has 0 radical (unpaired) electrons. The number of anilines is 1. The van der Waals surface area contributed by atoms with Gasteiger partial charge in [0.1, 0.15) is 6.33 Å². The third-order valence-corrected chi connectivity index (χ3v) is 4.04. The summed E-state index contributed by atoms with van der Waals surface area (Å²) in [5, 5.41) is 16.4. The van der Waals surface area contributed by atoms with Gasteiger partial charge >= 0.3 is 0 Å². The van der Waals surface area contributed by atoms with Crippen molar-refractivity contribution in [1.82, 2.24) is 25.5 Å². The Morgan fingerprint density at radius 3 is 2.42 bits per heavy atom. The molecule has 0 saturated carbocycles. The molecule has 2 aromatic carbocycles. The summed E-state index contributed by atoms with van der Waals surface area (Å²) in [7, 11) is 0. The molecule has 0 aliphatic rings. The van der Waals surface area contributed by atoms with Gasteiger partial charge in [-0.25, -0.2) is 4.68 Å². The third-order valence-electron chi connectivity index (χ3n) is 3.51. The van der Waals surface area contributed by atoms with E-state index in [0.717, 1.165) is 10.2 Å². The molecule has 0 aliphatic carbocycles. The SMILES string of the molecule is O=C(CCNC(=O)c1ccc(Br)cc1)Nc1ccc(-n2cnnn2)cc1. The lowest BCUT2D eigenvalue weighted by molar-refractivity contribution is -0.116. The normalized spacial score (nSPS) is 10.3. The minimum Gasteiger partial charge on any atom is -0.352 e. The number of rotatable bonds is 6. The Balaban J connectivity index is 1.45. The van der Waals surface area contributed by atoms with Crippen molar-refractivity contribution in [3.8, 4) is 5.69 Å². The maximum atomic E-state index is 12.0. The highest BCUT2D eigenvalue weighted by atomic mass is 79.9. The second kappa shape index (κ2) is 8.34. The number of hydrogen-bond donors (Lipinski definition) is 2. The Morgan fingerprint density at radius 2 is 1.77 bits per heavy atom. The highest BCUT2D eigenvalue weighted by Gasteiger charge is 2.07. The van der Waals surface area contributed by atoms with Gasteiger partial charge < -0.3 is 10.6 Å². The van der Waals surface area contributed by atoms with Crippen molar-refractivity contribution in [2.24, 2.45) is 0 Å². The van der Waals surface area contributed by atoms with E-state index in [1.807, 2.05) is 0 Å². The standard InChI is InChI=1S/C17H15BrN6O2/c18-13-3-1-12(2-4-13)17(26)19-10-9-16(25)21-14-5-7-15(8-6-14)24-11-20-22-23-24/h1-8,11H,9-10H2,(H,19,26)(H,21,25). The largest absolute Gasteiger partial charge is 0.352 e. The summed E-state index contributed by atoms with van der Waals surface area (Å²) in [6.07, 6.45) is 1.67. The number of aromatic nitrogens is 4. The smallest absolute Gasteiger partial charge is 0.251 e. The van der Waals surface area contributed by atoms with Crippen LogP contribution >= 0.6 is 15.9 Å². The zero-order valence-electron chi connectivity index (χ0n) is 13.6. The highest BCUT2D eigenvalue weighted by Crippen LogP contribution is 2.12. The van der Waals surface area contributed by atoms with E-state index < -0.39 is 0 Å². The van der Waals surface area contributed by atoms with Gasteiger partial charge in [-0.05, 0) is 59.0 Å². The lowest BCUT2D eigenvalue weighted by Crippen LogP contribution is -2.27. The Bertz CT molecular complexity index is 879. The Hall–Kier alpha value is -3.07. The fourth-order valence-electron chi connectivity index (χ4n) is 2.19. The molecule has 3 aromatic rings. The number of hydrogen-bond acceptors (Lipinski definition) is 5. The van der Waals surface area contributed by atoms with Gasteiger partial charge in [0.15, 0.2) is 0 Å². The van der Waals surface area contributed by atoms with Crippen molar-refractivity contribution in [3.63, 3.8) is 0 Å². The first-order valence-corrected chi connectivity index (χ1v) is 8.58. The van der Waals surface area contributed by atoms with E-state index in [1.54, 1.807) is 48.5 Å². The van der Waals surface area contributed by atoms with Gasteiger partial charge in [0.25, 0.3) is 5.91 Å². The lowest BCUT2D eigenvalue weighted by atomic mass is 10.2. The zero-order valence-corrected chi connectivity index (χ0v) is 15.2. The van der Waals surface area contributed by atoms with Crippen molar-refractivity contribution < 1.29 is 9.59 Å². The number of halogens is 1. The molecule has 0 aliphatic heterocycles. The summed E-state index contributed by atoms with van der Waals surface area (Å²) in [5.74, 6) is -0.396. The topological polar surface area (TPSA) is 102 Å². The zero-order chi connectivity index (χ0) is 18.4. The van der Waals surface area contributed by atoms with Crippen molar-refractivity contribution in [2.75, 3.05) is 11.9 Å². The molecular weight excluding hydrogens is 400 g/mol. The summed E-state index contributed by atoms with van der Waals surface area (Å²) in [6, 6.07) is 14.1. The van der Waals surface area contributed by atoms with E-state index in [2.05, 4.69) is 42.1 Å². The van der Waals surface area contributed by atoms with Gasteiger partial charge in [-0.15, -0.1) is 5.10 Å². The van der Waals surface area contributed by atoms with E-state index in [1.165, 1.54) is 11.0 Å². The third kappa shape index (κ3) is 4.73. The Labute approximate surface area is 157 Å². The number of nitrogens with zero attached hydrogens (tertiary/aromatic N) is 4. The van der Waals surface area contributed by atoms with Crippen LogP contribution in [-0.2, 0) is 4.79 Å². The molecule has 9 heteroatoms. The molecule has 0 unspecified atom stereocenters. The predicted molar refractivity (Wildman–Crippen MR) is 98.9 cm³/mol. The molecule has 0 fully saturated rings. The fraction of sp³-hybridized carbons (Fsp3) is 0.118. The highest BCUT2D eigenvalue weighted by molar-refractivity contribution is 9.10. The average Bonchev–Trinajstić information content (AvgIpc) is 3.17. The maximum absolute atomic E-state index is 12.0. The van der Waals surface area contributed by atoms with Crippen LogP contribution in [0, 0.1) is 0 Å². The first kappa shape index (κ1) is 17.7. The minimum absolute atomic E-state index is 0.178. The van der Waals surface area contributed by atoms with Crippen LogP contribution < -0.4 is 10.6 Å². The maximum Gasteiger partial charge on any atom is 0.251 e. The molecular formula is C17H15BrN6O2. The Kier molecular flexibility index (Phi) is 5.69. The molecule has 0 spiro atoms. The minimum atomic E-state index is -0.212. The van der Waals surface area contributed by atoms with Gasteiger partial charge in [0, 0.05) is 28.7 Å². The summed E-state index contributed by atoms with van der Waals surface area (Å²) in [4.78, 5) is 24.0. The van der Waals surface area contributed by atoms with E-state index >= 15 is 0 Å². The van der Waals surface area contributed by atoms with Gasteiger partial charge in [0.05, 0.1) is 5.69 Å². The number of nitrogens with one attached hydrogen (secondary N) is 2. The molecule has 132 valence electrons. The van der Waals surface area contributed by atoms with Gasteiger partial charge in [-0.1, -0.05) is 15.9 Å². The molecule has 26 heavy (non-hydrogen) atoms. The first-order chi connectivity index (χ1) is 12.6. The van der Waals surface area contributed by atoms with Crippen LogP contribution in [0.15, 0.2) is 59.3 Å². The van der Waals surface area contributed by atoms with Gasteiger partial charge in [-0.3, -0.25) is 9.59 Å². The molecule has 8 nitrogen and oxygen atoms in total. The van der Waals surface area contributed by atoms with Crippen molar-refractivity contribution in [2.45, 2.75) is 6.42 Å². The molecule has 2 amide bonds. The van der Waals surface area contributed by atoms with Crippen LogP contribution in [0.3, 0.4) is 0 Å². The number of carbonyl (C=O) groups is 2. The van der Waals surface area contributed by atoms with Crippen molar-refractivity contribution in [3.05, 3.63) is 64.9 Å². The number of benzene rings is 2. The summed E-state index contributed by atoms with van der Waals surface area (Å²) < 4.78 is 2.42. The number of tetrazole rings is 1. The van der Waals surface area contributed by atoms with E-state index in [4.69, 9.17) is 0 Å². The average molecular weight is 415 g/mol. The number of amides is 2. The van der Waals surface area contributed by atoms with E-state index in [9.17, 15) is 9.59 Å². The molecule has 0 atom stereocenters. The van der Waals surface area contributed by atoms with Crippen molar-refractivity contribution in [1.29, 1.82) is 0 Å². The quantitative estimate of drug-likeness (QED) is 0.643. The molecule has 1 heterocycles. The van der Waals surface area contributed by atoms with E-state index in [-0.39, 0.29) is 24.8 Å². The van der Waals surface area contributed by atoms with Crippen LogP contribution in [0.5, 0.6) is 0 Å². The van der Waals surface area contributed by atoms with Crippen LogP contribution in [0.2, 0.25) is 0 Å². The molecule has 1 aromatic heterocycles. The number of carbonyl (C=O) groups excluding carboxylic acids is 2. The van der Waals surface area contributed by atoms with E-state index in [0.29, 0.717) is 11.3 Å². The summed E-state index contributed by atoms with van der Waals surface area (Å²) in [5.41, 5.74) is 1.99. The second-order valence-electron chi connectivity index (χ2n) is 5.36. The van der Waals surface area contributed by atoms with Crippen LogP contribution in [0.4, 0.5) is 5.69 Å². The van der Waals surface area contributed by atoms with Crippen molar-refractivity contribution >= 4 is 33.4 Å². The van der Waals surface area contributed by atoms with Crippen LogP contribution in [0.25, 0.3) is 5.69 Å². The van der Waals surface area contributed by atoms with Gasteiger partial charge in [-0.2, -0.15) is 0 Å². The first-order valence-electron chi connectivity index (χ1n) is 7.79. The van der Waals surface area contributed by atoms with Gasteiger partial charge in [0.2, 0.25) is 5.91 Å². The monoisotopic (exact) mass is 414 g/mol. The predicted octanol–water partition coefficient (Wildman–Crippen LogP) is 2.18.